The maximum Gasteiger partial charge on any atom is 0.0136 e. The van der Waals surface area contributed by atoms with Crippen LogP contribution in [0.1, 0.15) is 39.5 Å². The van der Waals surface area contributed by atoms with E-state index in [9.17, 15) is 0 Å². The molecule has 1 rings (SSSR count). The number of hydrogen-bond donors (Lipinski definition) is 1. The minimum Gasteiger partial charge on any atom is -0.316 e. The molecular weight excluding hydrogens is 222 g/mol. The molecule has 0 aromatic carbocycles. The fourth-order valence-electron chi connectivity index (χ4n) is 2.79. The van der Waals surface area contributed by atoms with Crippen LogP contribution < -0.4 is 5.32 Å². The minimum absolute atomic E-state index is 0.842. The van der Waals surface area contributed by atoms with Crippen molar-refractivity contribution in [2.75, 3.05) is 46.8 Å². The van der Waals surface area contributed by atoms with E-state index in [1.807, 2.05) is 0 Å². The topological polar surface area (TPSA) is 18.5 Å². The Morgan fingerprint density at radius 3 is 2.28 bits per heavy atom. The van der Waals surface area contributed by atoms with Crippen molar-refractivity contribution in [3.63, 3.8) is 0 Å². The lowest BCUT2D eigenvalue weighted by atomic mass is 9.78. The summed E-state index contributed by atoms with van der Waals surface area (Å²) in [5.74, 6) is 0.894. The third-order valence-electron chi connectivity index (χ3n) is 4.02. The SMILES string of the molecule is CCCNCC1CCC1N(CCC)CCN(C)C. The third kappa shape index (κ3) is 5.25. The maximum atomic E-state index is 3.59. The van der Waals surface area contributed by atoms with Crippen molar-refractivity contribution < 1.29 is 0 Å². The summed E-state index contributed by atoms with van der Waals surface area (Å²) in [6.45, 7) is 10.6. The Labute approximate surface area is 114 Å². The molecule has 1 N–H and O–H groups in total. The van der Waals surface area contributed by atoms with E-state index in [-0.39, 0.29) is 0 Å². The van der Waals surface area contributed by atoms with Gasteiger partial charge in [-0.3, -0.25) is 4.90 Å². The summed E-state index contributed by atoms with van der Waals surface area (Å²) in [4.78, 5) is 5.02. The summed E-state index contributed by atoms with van der Waals surface area (Å²) in [5, 5.41) is 3.59. The highest BCUT2D eigenvalue weighted by molar-refractivity contribution is 4.90. The molecule has 1 aliphatic rings. The van der Waals surface area contributed by atoms with Crippen LogP contribution >= 0.6 is 0 Å². The molecule has 0 amide bonds. The first-order valence-corrected chi connectivity index (χ1v) is 7.78. The molecule has 0 saturated heterocycles. The molecule has 0 aromatic heterocycles. The van der Waals surface area contributed by atoms with Gasteiger partial charge in [0.05, 0.1) is 0 Å². The molecule has 18 heavy (non-hydrogen) atoms. The Morgan fingerprint density at radius 1 is 1.00 bits per heavy atom. The van der Waals surface area contributed by atoms with Crippen LogP contribution in [0.5, 0.6) is 0 Å². The standard InChI is InChI=1S/C15H33N3/c1-5-9-16-13-14-7-8-15(14)18(10-6-2)12-11-17(3)4/h14-16H,5-13H2,1-4H3. The first-order chi connectivity index (χ1) is 8.69. The van der Waals surface area contributed by atoms with E-state index >= 15 is 0 Å². The van der Waals surface area contributed by atoms with Crippen molar-refractivity contribution in [1.82, 2.24) is 15.1 Å². The van der Waals surface area contributed by atoms with E-state index in [0.717, 1.165) is 12.0 Å². The average Bonchev–Trinajstić information content (AvgIpc) is 2.30. The summed E-state index contributed by atoms with van der Waals surface area (Å²) in [5.41, 5.74) is 0. The smallest absolute Gasteiger partial charge is 0.0136 e. The Morgan fingerprint density at radius 2 is 1.78 bits per heavy atom. The van der Waals surface area contributed by atoms with Crippen molar-refractivity contribution in [2.24, 2.45) is 5.92 Å². The normalized spacial score (nSPS) is 23.7. The predicted octanol–water partition coefficient (Wildman–Crippen LogP) is 2.04. The molecule has 1 aliphatic carbocycles. The highest BCUT2D eigenvalue weighted by Crippen LogP contribution is 2.31. The Balaban J connectivity index is 2.32. The van der Waals surface area contributed by atoms with Crippen LogP contribution in [0.25, 0.3) is 0 Å². The van der Waals surface area contributed by atoms with E-state index < -0.39 is 0 Å². The summed E-state index contributed by atoms with van der Waals surface area (Å²) < 4.78 is 0. The van der Waals surface area contributed by atoms with Crippen molar-refractivity contribution in [2.45, 2.75) is 45.6 Å². The van der Waals surface area contributed by atoms with E-state index in [0.29, 0.717) is 0 Å². The number of rotatable bonds is 10. The fourth-order valence-corrected chi connectivity index (χ4v) is 2.79. The molecule has 2 unspecified atom stereocenters. The van der Waals surface area contributed by atoms with Crippen molar-refractivity contribution in [1.29, 1.82) is 0 Å². The molecule has 0 radical (unpaired) electrons. The largest absolute Gasteiger partial charge is 0.316 e. The summed E-state index contributed by atoms with van der Waals surface area (Å²) >= 11 is 0. The van der Waals surface area contributed by atoms with Crippen LogP contribution in [0.3, 0.4) is 0 Å². The van der Waals surface area contributed by atoms with Crippen molar-refractivity contribution >= 4 is 0 Å². The Hall–Kier alpha value is -0.120. The van der Waals surface area contributed by atoms with Gasteiger partial charge in [0.2, 0.25) is 0 Å². The van der Waals surface area contributed by atoms with Gasteiger partial charge in [0, 0.05) is 19.1 Å². The number of nitrogens with one attached hydrogen (secondary N) is 1. The summed E-state index contributed by atoms with van der Waals surface area (Å²) in [7, 11) is 4.34. The minimum atomic E-state index is 0.842. The van der Waals surface area contributed by atoms with Gasteiger partial charge in [-0.05, 0) is 65.3 Å². The lowest BCUT2D eigenvalue weighted by Crippen LogP contribution is -2.52. The fraction of sp³-hybridized carbons (Fsp3) is 1.00. The summed E-state index contributed by atoms with van der Waals surface area (Å²) in [6, 6.07) is 0.842. The van der Waals surface area contributed by atoms with Gasteiger partial charge < -0.3 is 10.2 Å². The lowest BCUT2D eigenvalue weighted by Gasteiger charge is -2.45. The highest BCUT2D eigenvalue weighted by Gasteiger charge is 2.34. The molecule has 0 aromatic rings. The Kier molecular flexibility index (Phi) is 7.87. The molecule has 0 spiro atoms. The molecule has 1 fully saturated rings. The van der Waals surface area contributed by atoms with Gasteiger partial charge in [0.15, 0.2) is 0 Å². The zero-order chi connectivity index (χ0) is 13.4. The molecule has 1 saturated carbocycles. The predicted molar refractivity (Wildman–Crippen MR) is 80.1 cm³/mol. The second-order valence-corrected chi connectivity index (χ2v) is 5.95. The van der Waals surface area contributed by atoms with Crippen LogP contribution in [0, 0.1) is 5.92 Å². The number of likely N-dealkylation sites (N-methyl/N-ethyl adjacent to an activating group) is 1. The first kappa shape index (κ1) is 15.9. The van der Waals surface area contributed by atoms with Gasteiger partial charge in [-0.1, -0.05) is 13.8 Å². The van der Waals surface area contributed by atoms with Crippen LogP contribution in [-0.4, -0.2) is 62.7 Å². The van der Waals surface area contributed by atoms with Gasteiger partial charge in [-0.15, -0.1) is 0 Å². The zero-order valence-electron chi connectivity index (χ0n) is 12.9. The van der Waals surface area contributed by atoms with E-state index in [4.69, 9.17) is 0 Å². The number of nitrogens with zero attached hydrogens (tertiary/aromatic N) is 2. The quantitative estimate of drug-likeness (QED) is 0.603. The Bertz CT molecular complexity index is 206. The number of hydrogen-bond acceptors (Lipinski definition) is 3. The molecule has 108 valence electrons. The maximum absolute atomic E-state index is 3.59. The second-order valence-electron chi connectivity index (χ2n) is 5.95. The first-order valence-electron chi connectivity index (χ1n) is 7.78. The molecule has 3 nitrogen and oxygen atoms in total. The van der Waals surface area contributed by atoms with E-state index in [1.54, 1.807) is 0 Å². The second kappa shape index (κ2) is 8.89. The molecule has 3 heteroatoms. The van der Waals surface area contributed by atoms with Crippen LogP contribution in [0.2, 0.25) is 0 Å². The lowest BCUT2D eigenvalue weighted by molar-refractivity contribution is 0.0567. The highest BCUT2D eigenvalue weighted by atomic mass is 15.2. The van der Waals surface area contributed by atoms with Crippen molar-refractivity contribution in [3.8, 4) is 0 Å². The molecule has 0 aliphatic heterocycles. The van der Waals surface area contributed by atoms with Crippen LogP contribution in [0.4, 0.5) is 0 Å². The van der Waals surface area contributed by atoms with Gasteiger partial charge >= 0.3 is 0 Å². The molecule has 0 bridgehead atoms. The molecule has 2 atom stereocenters. The van der Waals surface area contributed by atoms with E-state index in [1.165, 1.54) is 58.4 Å². The van der Waals surface area contributed by atoms with E-state index in [2.05, 4.69) is 43.1 Å². The van der Waals surface area contributed by atoms with Gasteiger partial charge in [0.25, 0.3) is 0 Å². The zero-order valence-corrected chi connectivity index (χ0v) is 12.9. The average molecular weight is 255 g/mol. The monoisotopic (exact) mass is 255 g/mol. The summed E-state index contributed by atoms with van der Waals surface area (Å²) in [6.07, 6.45) is 5.35. The van der Waals surface area contributed by atoms with Gasteiger partial charge in [0.1, 0.15) is 0 Å². The van der Waals surface area contributed by atoms with Gasteiger partial charge in [-0.2, -0.15) is 0 Å². The molecule has 0 heterocycles. The van der Waals surface area contributed by atoms with Crippen LogP contribution in [-0.2, 0) is 0 Å². The van der Waals surface area contributed by atoms with Crippen molar-refractivity contribution in [3.05, 3.63) is 0 Å². The van der Waals surface area contributed by atoms with Gasteiger partial charge in [-0.25, -0.2) is 0 Å². The molecular formula is C15H33N3. The van der Waals surface area contributed by atoms with Crippen LogP contribution in [0.15, 0.2) is 0 Å². The third-order valence-corrected chi connectivity index (χ3v) is 4.02.